The normalized spacial score (nSPS) is 12.7. The molecule has 12 nitrogen and oxygen atoms in total. The van der Waals surface area contributed by atoms with E-state index in [2.05, 4.69) is 15.7 Å². The van der Waals surface area contributed by atoms with E-state index in [1.54, 1.807) is 46.0 Å². The van der Waals surface area contributed by atoms with Gasteiger partial charge in [-0.3, -0.25) is 19.1 Å². The van der Waals surface area contributed by atoms with Crippen molar-refractivity contribution in [2.75, 3.05) is 29.8 Å². The number of nitrogens with one attached hydrogen (secondary N) is 2. The summed E-state index contributed by atoms with van der Waals surface area (Å²) >= 11 is 0. The van der Waals surface area contributed by atoms with Crippen molar-refractivity contribution in [1.82, 2.24) is 15.1 Å². The maximum absolute atomic E-state index is 13.9. The van der Waals surface area contributed by atoms with E-state index in [1.165, 1.54) is 22.1 Å². The van der Waals surface area contributed by atoms with Gasteiger partial charge in [-0.1, -0.05) is 30.3 Å². The number of hydrogen-bond donors (Lipinski definition) is 2. The molecule has 2 N–H and O–H groups in total. The number of aromatic nitrogens is 2. The van der Waals surface area contributed by atoms with Crippen molar-refractivity contribution < 1.29 is 32.2 Å². The van der Waals surface area contributed by atoms with Gasteiger partial charge in [0, 0.05) is 32.4 Å². The number of anilines is 2. The Morgan fingerprint density at radius 3 is 2.41 bits per heavy atom. The highest BCUT2D eigenvalue weighted by Gasteiger charge is 2.35. The van der Waals surface area contributed by atoms with Crippen LogP contribution in [0, 0.1) is 0 Å². The molecule has 2 aromatic carbocycles. The summed E-state index contributed by atoms with van der Waals surface area (Å²) in [6, 6.07) is 14.2. The van der Waals surface area contributed by atoms with Gasteiger partial charge in [0.1, 0.15) is 24.6 Å². The Morgan fingerprint density at radius 2 is 1.80 bits per heavy atom. The van der Waals surface area contributed by atoms with Crippen molar-refractivity contribution in [3.63, 3.8) is 0 Å². The minimum absolute atomic E-state index is 0.00463. The van der Waals surface area contributed by atoms with E-state index in [4.69, 9.17) is 14.2 Å². The Labute approximate surface area is 240 Å². The van der Waals surface area contributed by atoms with Crippen molar-refractivity contribution in [2.45, 2.75) is 58.3 Å². The smallest absolute Gasteiger partial charge is 0.412 e. The van der Waals surface area contributed by atoms with Crippen molar-refractivity contribution in [1.29, 1.82) is 0 Å². The van der Waals surface area contributed by atoms with E-state index in [0.717, 1.165) is 5.56 Å². The van der Waals surface area contributed by atoms with E-state index in [1.807, 2.05) is 37.3 Å². The molecule has 2 amide bonds. The van der Waals surface area contributed by atoms with Gasteiger partial charge < -0.3 is 19.5 Å². The zero-order chi connectivity index (χ0) is 30.2. The van der Waals surface area contributed by atoms with Crippen LogP contribution in [0.4, 0.5) is 16.2 Å². The molecule has 0 saturated heterocycles. The second-order valence-electron chi connectivity index (χ2n) is 9.97. The van der Waals surface area contributed by atoms with Crippen LogP contribution in [-0.2, 0) is 32.7 Å². The zero-order valence-electron chi connectivity index (χ0n) is 24.1. The molecule has 0 saturated carbocycles. The molecule has 0 radical (unpaired) electrons. The van der Waals surface area contributed by atoms with E-state index >= 15 is 0 Å². The minimum Gasteiger partial charge on any atom is -0.489 e. The summed E-state index contributed by atoms with van der Waals surface area (Å²) in [7, 11) is -2.47. The topological polar surface area (TPSA) is 141 Å². The van der Waals surface area contributed by atoms with Gasteiger partial charge in [0.2, 0.25) is 5.91 Å². The lowest BCUT2D eigenvalue weighted by Crippen LogP contribution is -2.38. The fourth-order valence-corrected chi connectivity index (χ4v) is 5.14. The molecular formula is C28H37N5O7S. The number of ether oxygens (including phenoxy) is 3. The van der Waals surface area contributed by atoms with Crippen LogP contribution in [0.5, 0.6) is 11.6 Å². The molecular weight excluding hydrogens is 550 g/mol. The first-order valence-electron chi connectivity index (χ1n) is 13.1. The van der Waals surface area contributed by atoms with Gasteiger partial charge in [0.15, 0.2) is 4.90 Å². The number of fused-ring (bicyclic) bond motifs is 1. The number of nitrogens with zero attached hydrogens (tertiary/aromatic N) is 3. The van der Waals surface area contributed by atoms with Gasteiger partial charge in [-0.2, -0.15) is 0 Å². The maximum atomic E-state index is 13.9. The van der Waals surface area contributed by atoms with Crippen molar-refractivity contribution in [2.24, 2.45) is 0 Å². The number of amides is 2. The minimum atomic E-state index is -4.07. The monoisotopic (exact) mass is 587 g/mol. The lowest BCUT2D eigenvalue weighted by molar-refractivity contribution is -0.118. The fourth-order valence-electron chi connectivity index (χ4n) is 3.61. The fraction of sp³-hybridized carbons (Fsp3) is 0.393. The molecule has 41 heavy (non-hydrogen) atoms. The van der Waals surface area contributed by atoms with Crippen LogP contribution < -0.4 is 24.4 Å². The average Bonchev–Trinajstić information content (AvgIpc) is 3.36. The quantitative estimate of drug-likeness (QED) is 0.420. The number of benzene rings is 2. The van der Waals surface area contributed by atoms with Crippen molar-refractivity contribution >= 4 is 33.4 Å². The van der Waals surface area contributed by atoms with Crippen molar-refractivity contribution in [3.8, 4) is 11.6 Å². The summed E-state index contributed by atoms with van der Waals surface area (Å²) < 4.78 is 47.3. The van der Waals surface area contributed by atoms with Gasteiger partial charge in [-0.15, -0.1) is 5.10 Å². The number of carbonyl (C=O) groups excluding carboxylic acids is 2. The second-order valence-corrected chi connectivity index (χ2v) is 11.8. The molecule has 1 aliphatic heterocycles. The van der Waals surface area contributed by atoms with E-state index in [9.17, 15) is 18.0 Å². The third-order valence-corrected chi connectivity index (χ3v) is 7.38. The number of hydrogen-bond acceptors (Lipinski definition) is 8. The molecule has 0 spiro atoms. The molecule has 1 aromatic heterocycles. The van der Waals surface area contributed by atoms with E-state index < -0.39 is 21.7 Å². The van der Waals surface area contributed by atoms with Crippen LogP contribution in [-0.4, -0.2) is 56.0 Å². The largest absolute Gasteiger partial charge is 0.489 e. The summed E-state index contributed by atoms with van der Waals surface area (Å²) in [6.45, 7) is 9.52. The van der Waals surface area contributed by atoms with Crippen LogP contribution in [0.15, 0.2) is 59.6 Å². The highest BCUT2D eigenvalue weighted by molar-refractivity contribution is 7.93. The molecule has 1 aliphatic rings. The number of carbonyl (C=O) groups is 2. The first-order chi connectivity index (χ1) is 19.3. The summed E-state index contributed by atoms with van der Waals surface area (Å²) in [5, 5.41) is 9.37. The van der Waals surface area contributed by atoms with Gasteiger partial charge >= 0.3 is 6.09 Å². The molecule has 0 unspecified atom stereocenters. The standard InChI is InChI=1S/C25H30N4O6S.C3H7NO/c1-5-28-16-22(23(27-28)34-17-18-9-7-6-8-10-18)36(31,32)29-13-14-33-21-12-11-19(15-20(21)29)26-24(30)35-25(2,3)4;1-3(5)4-2/h6-12,15-16H,5,13-14,17H2,1-4H3,(H,26,30);1-2H3,(H,4,5). The average molecular weight is 588 g/mol. The number of rotatable bonds is 7. The Balaban J connectivity index is 0.000000850. The van der Waals surface area contributed by atoms with Crippen LogP contribution in [0.2, 0.25) is 0 Å². The highest BCUT2D eigenvalue weighted by atomic mass is 32.2. The summed E-state index contributed by atoms with van der Waals surface area (Å²) in [5.41, 5.74) is 0.889. The first-order valence-corrected chi connectivity index (χ1v) is 14.5. The van der Waals surface area contributed by atoms with Gasteiger partial charge in [0.05, 0.1) is 12.2 Å². The lowest BCUT2D eigenvalue weighted by atomic mass is 10.2. The zero-order valence-corrected chi connectivity index (χ0v) is 24.9. The van der Waals surface area contributed by atoms with Crippen molar-refractivity contribution in [3.05, 3.63) is 60.3 Å². The summed E-state index contributed by atoms with van der Waals surface area (Å²) in [4.78, 5) is 21.9. The van der Waals surface area contributed by atoms with Gasteiger partial charge in [-0.25, -0.2) is 13.2 Å². The third-order valence-electron chi connectivity index (χ3n) is 5.58. The van der Waals surface area contributed by atoms with Crippen LogP contribution in [0.3, 0.4) is 0 Å². The second kappa shape index (κ2) is 13.4. The summed E-state index contributed by atoms with van der Waals surface area (Å²) in [5.74, 6) is 0.413. The van der Waals surface area contributed by atoms with Crippen LogP contribution >= 0.6 is 0 Å². The van der Waals surface area contributed by atoms with Gasteiger partial charge in [-0.05, 0) is 51.5 Å². The molecule has 0 fully saturated rings. The van der Waals surface area contributed by atoms with E-state index in [-0.39, 0.29) is 36.4 Å². The van der Waals surface area contributed by atoms with Crippen LogP contribution in [0.1, 0.15) is 40.2 Å². The van der Waals surface area contributed by atoms with E-state index in [0.29, 0.717) is 23.7 Å². The highest BCUT2D eigenvalue weighted by Crippen LogP contribution is 2.39. The molecule has 3 aromatic rings. The molecule has 4 rings (SSSR count). The number of sulfonamides is 1. The molecule has 13 heteroatoms. The molecule has 0 bridgehead atoms. The predicted octanol–water partition coefficient (Wildman–Crippen LogP) is 4.17. The Kier molecular flexibility index (Phi) is 10.2. The SMILES string of the molecule is CCn1cc(S(=O)(=O)N2CCOc3ccc(NC(=O)OC(C)(C)C)cc32)c(OCc2ccccc2)n1.CNC(C)=O. The first kappa shape index (κ1) is 31.3. The number of aryl methyl sites for hydroxylation is 1. The predicted molar refractivity (Wildman–Crippen MR) is 155 cm³/mol. The maximum Gasteiger partial charge on any atom is 0.412 e. The summed E-state index contributed by atoms with van der Waals surface area (Å²) in [6.07, 6.45) is 0.822. The lowest BCUT2D eigenvalue weighted by Gasteiger charge is -2.30. The molecule has 0 atom stereocenters. The molecule has 2 heterocycles. The van der Waals surface area contributed by atoms with Gasteiger partial charge in [0.25, 0.3) is 15.9 Å². The molecule has 0 aliphatic carbocycles. The Morgan fingerprint density at radius 1 is 1.12 bits per heavy atom. The van der Waals surface area contributed by atoms with Crippen LogP contribution in [0.25, 0.3) is 0 Å². The Hall–Kier alpha value is -4.26. The molecule has 222 valence electrons. The Bertz CT molecular complexity index is 1450. The third kappa shape index (κ3) is 8.61.